The number of amides is 1. The van der Waals surface area contributed by atoms with Gasteiger partial charge in [0.05, 0.1) is 12.6 Å². The van der Waals surface area contributed by atoms with Gasteiger partial charge in [0.1, 0.15) is 0 Å². The molecule has 102 valence electrons. The molecule has 4 heteroatoms. The van der Waals surface area contributed by atoms with Crippen LogP contribution in [-0.4, -0.2) is 30.9 Å². The molecule has 0 radical (unpaired) electrons. The van der Waals surface area contributed by atoms with Gasteiger partial charge in [-0.3, -0.25) is 9.59 Å². The lowest BCUT2D eigenvalue weighted by Crippen LogP contribution is -2.39. The molecular formula is C14H23NO3. The van der Waals surface area contributed by atoms with Crippen LogP contribution >= 0.6 is 0 Å². The molecule has 0 bridgehead atoms. The van der Waals surface area contributed by atoms with Crippen molar-refractivity contribution in [2.45, 2.75) is 38.6 Å². The van der Waals surface area contributed by atoms with E-state index >= 15 is 0 Å². The zero-order valence-corrected chi connectivity index (χ0v) is 11.1. The van der Waals surface area contributed by atoms with E-state index in [9.17, 15) is 9.59 Å². The number of rotatable bonds is 11. The smallest absolute Gasteiger partial charge is 0.217 e. The van der Waals surface area contributed by atoms with Crippen LogP contribution < -0.4 is 5.32 Å². The summed E-state index contributed by atoms with van der Waals surface area (Å²) in [5.74, 6) is -0.132. The molecular weight excluding hydrogens is 230 g/mol. The Balaban J connectivity index is 4.05. The molecule has 0 rings (SSSR count). The van der Waals surface area contributed by atoms with Crippen LogP contribution in [0.5, 0.6) is 0 Å². The van der Waals surface area contributed by atoms with Gasteiger partial charge in [-0.05, 0) is 19.3 Å². The Kier molecular flexibility index (Phi) is 9.87. The normalized spacial score (nSPS) is 11.6. The highest BCUT2D eigenvalue weighted by molar-refractivity contribution is 5.88. The molecule has 1 N–H and O–H groups in total. The molecule has 0 aromatic rings. The fourth-order valence-electron chi connectivity index (χ4n) is 1.53. The zero-order chi connectivity index (χ0) is 13.8. The van der Waals surface area contributed by atoms with Gasteiger partial charge in [0.15, 0.2) is 5.78 Å². The van der Waals surface area contributed by atoms with Crippen molar-refractivity contribution in [2.24, 2.45) is 0 Å². The molecule has 0 aromatic carbocycles. The largest absolute Gasteiger partial charge is 0.377 e. The summed E-state index contributed by atoms with van der Waals surface area (Å²) in [4.78, 5) is 22.9. The van der Waals surface area contributed by atoms with Crippen LogP contribution in [0.3, 0.4) is 0 Å². The van der Waals surface area contributed by atoms with Gasteiger partial charge in [-0.15, -0.1) is 13.2 Å². The summed E-state index contributed by atoms with van der Waals surface area (Å²) in [5.41, 5.74) is 0. The summed E-state index contributed by atoms with van der Waals surface area (Å²) in [6, 6.07) is -0.408. The van der Waals surface area contributed by atoms with E-state index in [0.717, 1.165) is 6.42 Å². The molecule has 18 heavy (non-hydrogen) atoms. The lowest BCUT2D eigenvalue weighted by atomic mass is 10.0. The Morgan fingerprint density at radius 3 is 2.61 bits per heavy atom. The molecule has 0 aliphatic heterocycles. The second-order valence-electron chi connectivity index (χ2n) is 4.05. The summed E-state index contributed by atoms with van der Waals surface area (Å²) in [6.45, 7) is 9.62. The van der Waals surface area contributed by atoms with E-state index in [1.54, 1.807) is 12.2 Å². The molecule has 0 aliphatic rings. The predicted octanol–water partition coefficient (Wildman–Crippen LogP) is 2.01. The summed E-state index contributed by atoms with van der Waals surface area (Å²) in [6.07, 6.45) is 5.78. The second-order valence-corrected chi connectivity index (χ2v) is 4.05. The Bertz CT molecular complexity index is 287. The Morgan fingerprint density at radius 1 is 1.33 bits per heavy atom. The van der Waals surface area contributed by atoms with Crippen molar-refractivity contribution < 1.29 is 14.3 Å². The third-order valence-corrected chi connectivity index (χ3v) is 2.38. The fraction of sp³-hybridized carbons (Fsp3) is 0.571. The number of allylic oxidation sites excluding steroid dienone is 1. The van der Waals surface area contributed by atoms with Crippen LogP contribution in [0.15, 0.2) is 25.3 Å². The Morgan fingerprint density at radius 2 is 2.06 bits per heavy atom. The fourth-order valence-corrected chi connectivity index (χ4v) is 1.53. The molecule has 1 unspecified atom stereocenters. The molecule has 0 heterocycles. The van der Waals surface area contributed by atoms with Crippen molar-refractivity contribution in [3.63, 3.8) is 0 Å². The first-order chi connectivity index (χ1) is 8.61. The van der Waals surface area contributed by atoms with Gasteiger partial charge in [-0.2, -0.15) is 0 Å². The number of ether oxygens (including phenoxy) is 1. The third kappa shape index (κ3) is 8.70. The highest BCUT2D eigenvalue weighted by Gasteiger charge is 2.17. The van der Waals surface area contributed by atoms with Crippen LogP contribution in [0.25, 0.3) is 0 Å². The average Bonchev–Trinajstić information content (AvgIpc) is 2.33. The van der Waals surface area contributed by atoms with E-state index in [4.69, 9.17) is 4.74 Å². The van der Waals surface area contributed by atoms with E-state index in [1.807, 2.05) is 0 Å². The summed E-state index contributed by atoms with van der Waals surface area (Å²) in [5, 5.41) is 2.68. The minimum Gasteiger partial charge on any atom is -0.377 e. The van der Waals surface area contributed by atoms with E-state index in [1.165, 1.54) is 6.92 Å². The molecule has 0 aromatic heterocycles. The van der Waals surface area contributed by atoms with Crippen LogP contribution in [0.2, 0.25) is 0 Å². The number of Topliss-reactive ketones (excluding diaryl/α,β-unsaturated/α-hetero) is 1. The van der Waals surface area contributed by atoms with Crippen molar-refractivity contribution in [3.05, 3.63) is 25.3 Å². The van der Waals surface area contributed by atoms with Crippen LogP contribution in [0.4, 0.5) is 0 Å². The van der Waals surface area contributed by atoms with Crippen molar-refractivity contribution in [3.8, 4) is 0 Å². The average molecular weight is 253 g/mol. The molecule has 0 spiro atoms. The maximum Gasteiger partial charge on any atom is 0.217 e. The van der Waals surface area contributed by atoms with Crippen molar-refractivity contribution >= 4 is 11.7 Å². The summed E-state index contributed by atoms with van der Waals surface area (Å²) < 4.78 is 5.24. The van der Waals surface area contributed by atoms with Gasteiger partial charge in [0.2, 0.25) is 5.91 Å². The number of nitrogens with one attached hydrogen (secondary N) is 1. The Labute approximate surface area is 109 Å². The minimum atomic E-state index is -0.408. The second kappa shape index (κ2) is 10.7. The molecule has 0 saturated carbocycles. The lowest BCUT2D eigenvalue weighted by Gasteiger charge is -2.16. The molecule has 0 fully saturated rings. The molecule has 4 nitrogen and oxygen atoms in total. The number of hydrogen-bond acceptors (Lipinski definition) is 3. The number of hydrogen-bond donors (Lipinski definition) is 1. The van der Waals surface area contributed by atoms with E-state index in [0.29, 0.717) is 32.5 Å². The first kappa shape index (κ1) is 16.6. The van der Waals surface area contributed by atoms with Crippen LogP contribution in [-0.2, 0) is 14.3 Å². The van der Waals surface area contributed by atoms with E-state index in [-0.39, 0.29) is 11.7 Å². The quantitative estimate of drug-likeness (QED) is 0.452. The summed E-state index contributed by atoms with van der Waals surface area (Å²) in [7, 11) is 0. The SMILES string of the molecule is C=CCCC(=O)C(CCCOCC=C)NC(C)=O. The topological polar surface area (TPSA) is 55.4 Å². The van der Waals surface area contributed by atoms with Crippen LogP contribution in [0.1, 0.15) is 32.6 Å². The zero-order valence-electron chi connectivity index (χ0n) is 11.1. The highest BCUT2D eigenvalue weighted by atomic mass is 16.5. The third-order valence-electron chi connectivity index (χ3n) is 2.38. The van der Waals surface area contributed by atoms with Crippen molar-refractivity contribution in [1.29, 1.82) is 0 Å². The minimum absolute atomic E-state index is 0.0498. The van der Waals surface area contributed by atoms with Gasteiger partial charge in [-0.25, -0.2) is 0 Å². The maximum atomic E-state index is 11.8. The summed E-state index contributed by atoms with van der Waals surface area (Å²) >= 11 is 0. The van der Waals surface area contributed by atoms with E-state index in [2.05, 4.69) is 18.5 Å². The molecule has 0 saturated heterocycles. The first-order valence-corrected chi connectivity index (χ1v) is 6.21. The first-order valence-electron chi connectivity index (χ1n) is 6.21. The number of ketones is 1. The van der Waals surface area contributed by atoms with Gasteiger partial charge in [0.25, 0.3) is 0 Å². The maximum absolute atomic E-state index is 11.8. The Hall–Kier alpha value is -1.42. The molecule has 1 amide bonds. The molecule has 0 aliphatic carbocycles. The van der Waals surface area contributed by atoms with Crippen molar-refractivity contribution in [2.75, 3.05) is 13.2 Å². The van der Waals surface area contributed by atoms with Crippen LogP contribution in [0, 0.1) is 0 Å². The lowest BCUT2D eigenvalue weighted by molar-refractivity contribution is -0.127. The standard InChI is InChI=1S/C14H23NO3/c1-4-6-9-14(17)13(15-12(3)16)8-7-11-18-10-5-2/h4-5,13H,1-2,6-11H2,3H3,(H,15,16). The van der Waals surface area contributed by atoms with Gasteiger partial charge >= 0.3 is 0 Å². The van der Waals surface area contributed by atoms with E-state index < -0.39 is 6.04 Å². The van der Waals surface area contributed by atoms with Crippen molar-refractivity contribution in [1.82, 2.24) is 5.32 Å². The van der Waals surface area contributed by atoms with Gasteiger partial charge < -0.3 is 10.1 Å². The highest BCUT2D eigenvalue weighted by Crippen LogP contribution is 2.04. The van der Waals surface area contributed by atoms with Gasteiger partial charge in [0, 0.05) is 20.0 Å². The predicted molar refractivity (Wildman–Crippen MR) is 72.3 cm³/mol. The number of carbonyl (C=O) groups excluding carboxylic acids is 2. The molecule has 1 atom stereocenters. The number of carbonyl (C=O) groups is 2. The van der Waals surface area contributed by atoms with Gasteiger partial charge in [-0.1, -0.05) is 12.2 Å². The monoisotopic (exact) mass is 253 g/mol.